The van der Waals surface area contributed by atoms with E-state index in [1.165, 1.54) is 0 Å². The molecule has 5 N–H and O–H groups in total. The van der Waals surface area contributed by atoms with Gasteiger partial charge in [-0.3, -0.25) is 14.8 Å². The van der Waals surface area contributed by atoms with Crippen molar-refractivity contribution in [3.05, 3.63) is 70.8 Å². The largest absolute Gasteiger partial charge is 0.348 e. The van der Waals surface area contributed by atoms with Crippen LogP contribution in [0.15, 0.2) is 48.5 Å². The van der Waals surface area contributed by atoms with Crippen LogP contribution in [0.3, 0.4) is 0 Å². The lowest BCUT2D eigenvalue weighted by atomic mass is 10.00. The van der Waals surface area contributed by atoms with Crippen molar-refractivity contribution in [2.24, 2.45) is 0 Å². The van der Waals surface area contributed by atoms with Crippen molar-refractivity contribution in [3.8, 4) is 0 Å². The smallest absolute Gasteiger partial charge is 0.274 e. The highest BCUT2D eigenvalue weighted by atomic mass is 16.5. The predicted molar refractivity (Wildman–Crippen MR) is 115 cm³/mol. The van der Waals surface area contributed by atoms with Crippen molar-refractivity contribution < 1.29 is 14.8 Å². The van der Waals surface area contributed by atoms with Gasteiger partial charge in [-0.15, -0.1) is 0 Å². The van der Waals surface area contributed by atoms with Crippen molar-refractivity contribution >= 4 is 11.8 Å². The van der Waals surface area contributed by atoms with E-state index in [-0.39, 0.29) is 18.0 Å². The Balaban J connectivity index is 1.63. The van der Waals surface area contributed by atoms with Gasteiger partial charge in [-0.05, 0) is 54.8 Å². The van der Waals surface area contributed by atoms with Crippen LogP contribution >= 0.6 is 0 Å². The molecule has 0 bridgehead atoms. The number of benzene rings is 2. The van der Waals surface area contributed by atoms with Crippen LogP contribution in [0.2, 0.25) is 0 Å². The molecule has 0 saturated carbocycles. The number of nitrogens with one attached hydrogen (secondary N) is 4. The van der Waals surface area contributed by atoms with Crippen molar-refractivity contribution in [3.63, 3.8) is 0 Å². The van der Waals surface area contributed by atoms with Crippen LogP contribution in [0.5, 0.6) is 0 Å². The van der Waals surface area contributed by atoms with E-state index in [9.17, 15) is 9.59 Å². The lowest BCUT2D eigenvalue weighted by Crippen LogP contribution is -2.36. The maximum atomic E-state index is 12.5. The Morgan fingerprint density at radius 1 is 1.13 bits per heavy atom. The van der Waals surface area contributed by atoms with Gasteiger partial charge in [0, 0.05) is 36.3 Å². The van der Waals surface area contributed by atoms with Crippen LogP contribution in [0.25, 0.3) is 0 Å². The molecule has 1 saturated heterocycles. The average molecular weight is 411 g/mol. The monoisotopic (exact) mass is 410 g/mol. The normalized spacial score (nSPS) is 16.8. The molecule has 1 fully saturated rings. The number of amides is 2. The fraction of sp³-hybridized carbons (Fsp3) is 0.391. The van der Waals surface area contributed by atoms with Gasteiger partial charge in [0.05, 0.1) is 0 Å². The average Bonchev–Trinajstić information content (AvgIpc) is 3.29. The molecular weight excluding hydrogens is 380 g/mol. The summed E-state index contributed by atoms with van der Waals surface area (Å²) in [5.74, 6) is -0.557. The first-order valence-electron chi connectivity index (χ1n) is 10.5. The van der Waals surface area contributed by atoms with Gasteiger partial charge in [0.25, 0.3) is 11.8 Å². The first kappa shape index (κ1) is 22.0. The van der Waals surface area contributed by atoms with E-state index < -0.39 is 5.91 Å². The molecule has 2 aromatic rings. The van der Waals surface area contributed by atoms with Crippen LogP contribution in [0, 0.1) is 0 Å². The number of rotatable bonds is 9. The highest BCUT2D eigenvalue weighted by Crippen LogP contribution is 2.20. The minimum atomic E-state index is -0.523. The van der Waals surface area contributed by atoms with Gasteiger partial charge >= 0.3 is 0 Å². The Bertz CT molecular complexity index is 848. The molecule has 0 aliphatic carbocycles. The van der Waals surface area contributed by atoms with E-state index in [2.05, 4.69) is 22.9 Å². The van der Waals surface area contributed by atoms with Gasteiger partial charge in [-0.25, -0.2) is 5.48 Å². The Hall–Kier alpha value is -2.74. The van der Waals surface area contributed by atoms with Crippen LogP contribution in [0.1, 0.15) is 64.1 Å². The Labute approximate surface area is 177 Å². The van der Waals surface area contributed by atoms with Gasteiger partial charge in [0.15, 0.2) is 0 Å². The number of carbonyl (C=O) groups excluding carboxylic acids is 2. The van der Waals surface area contributed by atoms with E-state index in [4.69, 9.17) is 5.21 Å². The van der Waals surface area contributed by atoms with E-state index in [0.717, 1.165) is 43.5 Å². The zero-order valence-corrected chi connectivity index (χ0v) is 17.3. The molecule has 7 heteroatoms. The van der Waals surface area contributed by atoms with Gasteiger partial charge in [0.1, 0.15) is 0 Å². The van der Waals surface area contributed by atoms with Crippen molar-refractivity contribution in [2.45, 2.75) is 44.8 Å². The minimum absolute atomic E-state index is 0.0339. The summed E-state index contributed by atoms with van der Waals surface area (Å²) in [5.41, 5.74) is 4.86. The van der Waals surface area contributed by atoms with E-state index in [1.807, 2.05) is 36.4 Å². The van der Waals surface area contributed by atoms with E-state index in [1.54, 1.807) is 17.6 Å². The lowest BCUT2D eigenvalue weighted by molar-refractivity contribution is 0.0706. The number of hydroxylamine groups is 1. The second-order valence-electron chi connectivity index (χ2n) is 7.65. The molecule has 160 valence electrons. The Morgan fingerprint density at radius 2 is 1.93 bits per heavy atom. The molecule has 2 atom stereocenters. The number of carbonyl (C=O) groups is 2. The summed E-state index contributed by atoms with van der Waals surface area (Å²) in [6.45, 7) is 4.53. The SMILES string of the molecule is CCC[C@@H](NCc1cccc(C(=O)NC2CCNC2)c1)c1ccc(C(=O)NO)cc1. The quantitative estimate of drug-likeness (QED) is 0.323. The third kappa shape index (κ3) is 5.89. The van der Waals surface area contributed by atoms with Gasteiger partial charge in [-0.2, -0.15) is 0 Å². The highest BCUT2D eigenvalue weighted by molar-refractivity contribution is 5.94. The molecule has 0 aromatic heterocycles. The maximum Gasteiger partial charge on any atom is 0.274 e. The summed E-state index contributed by atoms with van der Waals surface area (Å²) >= 11 is 0. The van der Waals surface area contributed by atoms with Gasteiger partial charge in [0.2, 0.25) is 0 Å². The molecule has 7 nitrogen and oxygen atoms in total. The molecule has 0 spiro atoms. The maximum absolute atomic E-state index is 12.5. The third-order valence-corrected chi connectivity index (χ3v) is 5.39. The fourth-order valence-corrected chi connectivity index (χ4v) is 3.72. The first-order valence-corrected chi connectivity index (χ1v) is 10.5. The summed E-state index contributed by atoms with van der Waals surface area (Å²) in [5, 5.41) is 18.7. The third-order valence-electron chi connectivity index (χ3n) is 5.39. The van der Waals surface area contributed by atoms with Crippen LogP contribution in [-0.2, 0) is 6.54 Å². The fourth-order valence-electron chi connectivity index (χ4n) is 3.72. The van der Waals surface area contributed by atoms with E-state index >= 15 is 0 Å². The molecule has 0 radical (unpaired) electrons. The summed E-state index contributed by atoms with van der Waals surface area (Å²) in [6, 6.07) is 15.2. The summed E-state index contributed by atoms with van der Waals surface area (Å²) in [7, 11) is 0. The molecule has 1 aliphatic heterocycles. The van der Waals surface area contributed by atoms with Gasteiger partial charge in [-0.1, -0.05) is 37.6 Å². The van der Waals surface area contributed by atoms with Crippen molar-refractivity contribution in [1.29, 1.82) is 0 Å². The second-order valence-corrected chi connectivity index (χ2v) is 7.65. The topological polar surface area (TPSA) is 102 Å². The number of hydrogen-bond acceptors (Lipinski definition) is 5. The highest BCUT2D eigenvalue weighted by Gasteiger charge is 2.18. The molecule has 2 aromatic carbocycles. The molecule has 1 unspecified atom stereocenters. The lowest BCUT2D eigenvalue weighted by Gasteiger charge is -2.19. The Kier molecular flexibility index (Phi) is 7.96. The van der Waals surface area contributed by atoms with Crippen molar-refractivity contribution in [1.82, 2.24) is 21.4 Å². The standard InChI is InChI=1S/C23H30N4O3/c1-2-4-21(17-7-9-18(10-8-17)23(29)27-30)25-14-16-5-3-6-19(13-16)22(28)26-20-11-12-24-15-20/h3,5-10,13,20-21,24-25,30H,2,4,11-12,14-15H2,1H3,(H,26,28)(H,27,29)/t20?,21-/m1/s1. The summed E-state index contributed by atoms with van der Waals surface area (Å²) < 4.78 is 0. The Morgan fingerprint density at radius 3 is 2.60 bits per heavy atom. The molecule has 1 aliphatic rings. The molecule has 2 amide bonds. The molecular formula is C23H30N4O3. The van der Waals surface area contributed by atoms with Crippen LogP contribution in [-0.4, -0.2) is 36.2 Å². The zero-order chi connectivity index (χ0) is 21.3. The van der Waals surface area contributed by atoms with E-state index in [0.29, 0.717) is 17.7 Å². The number of hydrogen-bond donors (Lipinski definition) is 5. The minimum Gasteiger partial charge on any atom is -0.348 e. The summed E-state index contributed by atoms with van der Waals surface area (Å²) in [4.78, 5) is 24.0. The molecule has 1 heterocycles. The van der Waals surface area contributed by atoms with Gasteiger partial charge < -0.3 is 16.0 Å². The van der Waals surface area contributed by atoms with Crippen LogP contribution < -0.4 is 21.4 Å². The molecule has 3 rings (SSSR count). The summed E-state index contributed by atoms with van der Waals surface area (Å²) in [6.07, 6.45) is 2.92. The second kappa shape index (κ2) is 10.9. The first-order chi connectivity index (χ1) is 14.6. The van der Waals surface area contributed by atoms with Crippen molar-refractivity contribution in [2.75, 3.05) is 13.1 Å². The predicted octanol–water partition coefficient (Wildman–Crippen LogP) is 2.53. The molecule has 30 heavy (non-hydrogen) atoms. The van der Waals surface area contributed by atoms with Crippen LogP contribution in [0.4, 0.5) is 0 Å². The zero-order valence-electron chi connectivity index (χ0n) is 17.3.